The van der Waals surface area contributed by atoms with E-state index in [-0.39, 0.29) is 11.9 Å². The van der Waals surface area contributed by atoms with Crippen LogP contribution in [-0.4, -0.2) is 57.8 Å². The van der Waals surface area contributed by atoms with Crippen molar-refractivity contribution in [1.82, 2.24) is 20.2 Å². The van der Waals surface area contributed by atoms with Crippen molar-refractivity contribution in [2.45, 2.75) is 38.5 Å². The van der Waals surface area contributed by atoms with Gasteiger partial charge in [0, 0.05) is 43.0 Å². The van der Waals surface area contributed by atoms with E-state index in [1.54, 1.807) is 24.9 Å². The smallest absolute Gasteiger partial charge is 0.254 e. The predicted molar refractivity (Wildman–Crippen MR) is 124 cm³/mol. The van der Waals surface area contributed by atoms with Crippen LogP contribution in [0.2, 0.25) is 5.02 Å². The van der Waals surface area contributed by atoms with E-state index < -0.39 is 5.60 Å². The summed E-state index contributed by atoms with van der Waals surface area (Å²) < 4.78 is 5.75. The molecule has 2 aromatic heterocycles. The summed E-state index contributed by atoms with van der Waals surface area (Å²) >= 11 is 6.33. The van der Waals surface area contributed by atoms with Crippen LogP contribution >= 0.6 is 11.6 Å². The molecule has 2 aliphatic heterocycles. The number of hydrogen-bond donors (Lipinski definition) is 3. The van der Waals surface area contributed by atoms with Crippen molar-refractivity contribution in [1.29, 1.82) is 0 Å². The molecule has 0 radical (unpaired) electrons. The van der Waals surface area contributed by atoms with Crippen molar-refractivity contribution in [3.63, 3.8) is 0 Å². The van der Waals surface area contributed by atoms with E-state index in [1.165, 1.54) is 5.56 Å². The lowest BCUT2D eigenvalue weighted by molar-refractivity contribution is -0.148. The van der Waals surface area contributed by atoms with Gasteiger partial charge in [-0.15, -0.1) is 0 Å². The van der Waals surface area contributed by atoms with Gasteiger partial charge in [0.2, 0.25) is 0 Å². The van der Waals surface area contributed by atoms with E-state index in [4.69, 9.17) is 16.3 Å². The Balaban J connectivity index is 1.59. The fraction of sp³-hybridized carbons (Fsp3) is 0.417. The third-order valence-corrected chi connectivity index (χ3v) is 6.61. The number of aromatic amines is 1. The standard InChI is InChI=1S/C24H27ClN4O3/c1-24(2,31)23(30)29-5-3-14-7-15(16-9-18-20(25)11-28-22(18)27-10-16)8-17(19(14)12-29)21-13-32-6-4-26-21/h7-11,21,26,31H,3-6,12-13H2,1-2H3,(H,27,28). The Bertz CT molecular complexity index is 1180. The van der Waals surface area contributed by atoms with Crippen LogP contribution < -0.4 is 5.32 Å². The zero-order chi connectivity index (χ0) is 22.5. The number of nitrogens with one attached hydrogen (secondary N) is 2. The number of halogens is 1. The SMILES string of the molecule is CC(C)(O)C(=O)N1CCc2cc(-c3cnc4[nH]cc(Cl)c4c3)cc(C3COCCN3)c2C1. The summed E-state index contributed by atoms with van der Waals surface area (Å²) in [6.07, 6.45) is 4.34. The number of amides is 1. The number of carbonyl (C=O) groups excluding carboxylic acids is 1. The first kappa shape index (κ1) is 21.4. The second-order valence-corrected chi connectivity index (χ2v) is 9.48. The summed E-state index contributed by atoms with van der Waals surface area (Å²) in [5.74, 6) is -0.247. The maximum absolute atomic E-state index is 12.7. The number of benzene rings is 1. The summed E-state index contributed by atoms with van der Waals surface area (Å²) in [6, 6.07) is 6.47. The fourth-order valence-electron chi connectivity index (χ4n) is 4.63. The number of rotatable bonds is 3. The Morgan fingerprint density at radius 2 is 2.16 bits per heavy atom. The average Bonchev–Trinajstić information content (AvgIpc) is 3.17. The maximum atomic E-state index is 12.7. The number of aromatic nitrogens is 2. The van der Waals surface area contributed by atoms with Gasteiger partial charge in [0.05, 0.1) is 24.3 Å². The van der Waals surface area contributed by atoms with Gasteiger partial charge in [0.25, 0.3) is 5.91 Å². The second-order valence-electron chi connectivity index (χ2n) is 9.08. The summed E-state index contributed by atoms with van der Waals surface area (Å²) in [5, 5.41) is 15.3. The fourth-order valence-corrected chi connectivity index (χ4v) is 4.83. The van der Waals surface area contributed by atoms with Crippen molar-refractivity contribution in [2.24, 2.45) is 0 Å². The van der Waals surface area contributed by atoms with E-state index in [1.807, 2.05) is 6.20 Å². The molecule has 3 aromatic rings. The van der Waals surface area contributed by atoms with Crippen LogP contribution in [0.25, 0.3) is 22.2 Å². The van der Waals surface area contributed by atoms with Crippen LogP contribution in [0.15, 0.2) is 30.6 Å². The van der Waals surface area contributed by atoms with Crippen molar-refractivity contribution in [2.75, 3.05) is 26.3 Å². The molecular formula is C24H27ClN4O3. The number of carbonyl (C=O) groups is 1. The molecule has 8 heteroatoms. The normalized spacial score (nSPS) is 19.2. The van der Waals surface area contributed by atoms with E-state index in [9.17, 15) is 9.90 Å². The molecule has 0 saturated carbocycles. The van der Waals surface area contributed by atoms with Crippen LogP contribution in [0.4, 0.5) is 0 Å². The van der Waals surface area contributed by atoms with E-state index in [0.717, 1.165) is 46.3 Å². The lowest BCUT2D eigenvalue weighted by atomic mass is 9.87. The molecule has 32 heavy (non-hydrogen) atoms. The number of pyridine rings is 1. The summed E-state index contributed by atoms with van der Waals surface area (Å²) in [4.78, 5) is 22.1. The summed E-state index contributed by atoms with van der Waals surface area (Å²) in [6.45, 7) is 6.19. The van der Waals surface area contributed by atoms with Gasteiger partial charge in [-0.3, -0.25) is 4.79 Å². The van der Waals surface area contributed by atoms with Crippen molar-refractivity contribution in [3.05, 3.63) is 52.3 Å². The van der Waals surface area contributed by atoms with Crippen molar-refractivity contribution >= 4 is 28.5 Å². The molecular weight excluding hydrogens is 428 g/mol. The minimum atomic E-state index is -1.39. The number of nitrogens with zero attached hydrogens (tertiary/aromatic N) is 2. The molecule has 168 valence electrons. The zero-order valence-corrected chi connectivity index (χ0v) is 19.0. The summed E-state index contributed by atoms with van der Waals surface area (Å²) in [5.41, 5.74) is 4.92. The average molecular weight is 455 g/mol. The largest absolute Gasteiger partial charge is 0.381 e. The Kier molecular flexibility index (Phi) is 5.45. The molecule has 1 fully saturated rings. The second kappa shape index (κ2) is 8.15. The summed E-state index contributed by atoms with van der Waals surface area (Å²) in [7, 11) is 0. The molecule has 0 aliphatic carbocycles. The van der Waals surface area contributed by atoms with Crippen LogP contribution in [0.5, 0.6) is 0 Å². The van der Waals surface area contributed by atoms with Crippen LogP contribution in [0.3, 0.4) is 0 Å². The highest BCUT2D eigenvalue weighted by atomic mass is 35.5. The molecule has 7 nitrogen and oxygen atoms in total. The van der Waals surface area contributed by atoms with E-state index >= 15 is 0 Å². The van der Waals surface area contributed by atoms with E-state index in [0.29, 0.717) is 31.3 Å². The number of morpholine rings is 1. The monoisotopic (exact) mass is 454 g/mol. The van der Waals surface area contributed by atoms with Crippen molar-refractivity contribution in [3.8, 4) is 11.1 Å². The van der Waals surface area contributed by atoms with E-state index in [2.05, 4.69) is 33.5 Å². The van der Waals surface area contributed by atoms with Crippen molar-refractivity contribution < 1.29 is 14.6 Å². The first-order chi connectivity index (χ1) is 15.3. The third kappa shape index (κ3) is 3.90. The van der Waals surface area contributed by atoms with Gasteiger partial charge in [-0.05, 0) is 54.7 Å². The molecule has 1 unspecified atom stereocenters. The van der Waals surface area contributed by atoms with Gasteiger partial charge in [-0.1, -0.05) is 17.7 Å². The van der Waals surface area contributed by atoms with Crippen LogP contribution in [-0.2, 0) is 22.5 Å². The molecule has 1 saturated heterocycles. The van der Waals surface area contributed by atoms with Gasteiger partial charge in [0.1, 0.15) is 11.2 Å². The molecule has 3 N–H and O–H groups in total. The Hall–Kier alpha value is -2.45. The number of H-pyrrole nitrogens is 1. The van der Waals surface area contributed by atoms with Gasteiger partial charge in [-0.25, -0.2) is 4.98 Å². The highest BCUT2D eigenvalue weighted by Gasteiger charge is 2.33. The minimum absolute atomic E-state index is 0.0437. The Labute approximate surface area is 191 Å². The first-order valence-electron chi connectivity index (χ1n) is 10.9. The quantitative estimate of drug-likeness (QED) is 0.565. The molecule has 0 spiro atoms. The zero-order valence-electron chi connectivity index (χ0n) is 18.2. The number of hydrogen-bond acceptors (Lipinski definition) is 5. The molecule has 1 aromatic carbocycles. The van der Waals surface area contributed by atoms with Crippen LogP contribution in [0, 0.1) is 0 Å². The number of aliphatic hydroxyl groups is 1. The third-order valence-electron chi connectivity index (χ3n) is 6.30. The Morgan fingerprint density at radius 3 is 2.91 bits per heavy atom. The molecule has 0 bridgehead atoms. The molecule has 2 aliphatic rings. The van der Waals surface area contributed by atoms with Gasteiger partial charge in [-0.2, -0.15) is 0 Å². The highest BCUT2D eigenvalue weighted by molar-refractivity contribution is 6.35. The van der Waals surface area contributed by atoms with Gasteiger partial charge >= 0.3 is 0 Å². The first-order valence-corrected chi connectivity index (χ1v) is 11.3. The van der Waals surface area contributed by atoms with Crippen LogP contribution in [0.1, 0.15) is 36.6 Å². The number of ether oxygens (including phenoxy) is 1. The lowest BCUT2D eigenvalue weighted by Gasteiger charge is -2.36. The minimum Gasteiger partial charge on any atom is -0.381 e. The molecule has 5 rings (SSSR count). The maximum Gasteiger partial charge on any atom is 0.254 e. The molecule has 4 heterocycles. The topological polar surface area (TPSA) is 90.5 Å². The highest BCUT2D eigenvalue weighted by Crippen LogP contribution is 2.35. The molecule has 1 amide bonds. The number of fused-ring (bicyclic) bond motifs is 2. The van der Waals surface area contributed by atoms with Gasteiger partial charge in [0.15, 0.2) is 0 Å². The lowest BCUT2D eigenvalue weighted by Crippen LogP contribution is -2.47. The molecule has 1 atom stereocenters. The van der Waals surface area contributed by atoms with Gasteiger partial charge < -0.3 is 25.0 Å². The Morgan fingerprint density at radius 1 is 1.31 bits per heavy atom. The predicted octanol–water partition coefficient (Wildman–Crippen LogP) is 3.20.